The number of benzene rings is 2. The Bertz CT molecular complexity index is 976. The van der Waals surface area contributed by atoms with Gasteiger partial charge in [-0.15, -0.1) is 0 Å². The van der Waals surface area contributed by atoms with Crippen LogP contribution in [-0.2, 0) is 0 Å². The summed E-state index contributed by atoms with van der Waals surface area (Å²) in [6, 6.07) is 14.1. The number of halogens is 2. The van der Waals surface area contributed by atoms with Crippen molar-refractivity contribution in [1.29, 1.82) is 0 Å². The number of anilines is 3. The number of amides is 1. The van der Waals surface area contributed by atoms with Crippen molar-refractivity contribution in [2.75, 3.05) is 10.6 Å². The molecule has 0 unspecified atom stereocenters. The fraction of sp³-hybridized carbons (Fsp3) is 0.105. The van der Waals surface area contributed by atoms with Gasteiger partial charge < -0.3 is 10.6 Å². The number of carbonyl (C=O) groups is 1. The number of hydrogen-bond donors (Lipinski definition) is 2. The van der Waals surface area contributed by atoms with Gasteiger partial charge in [0.15, 0.2) is 0 Å². The molecule has 1 heterocycles. The zero-order valence-corrected chi connectivity index (χ0v) is 15.7. The Hall–Kier alpha value is -2.63. The molecule has 1 aromatic heterocycles. The lowest BCUT2D eigenvalue weighted by Gasteiger charge is -2.10. The number of aromatic nitrogens is 2. The molecular weight excluding hydrogens is 371 g/mol. The third kappa shape index (κ3) is 4.50. The first-order valence-electron chi connectivity index (χ1n) is 7.86. The molecule has 0 fully saturated rings. The first kappa shape index (κ1) is 18.2. The molecule has 3 rings (SSSR count). The first-order chi connectivity index (χ1) is 12.4. The van der Waals surface area contributed by atoms with Gasteiger partial charge in [-0.25, -0.2) is 9.97 Å². The Labute approximate surface area is 161 Å². The average Bonchev–Trinajstić information content (AvgIpc) is 2.57. The van der Waals surface area contributed by atoms with Crippen LogP contribution < -0.4 is 10.6 Å². The highest BCUT2D eigenvalue weighted by atomic mass is 35.5. The molecule has 0 saturated carbocycles. The van der Waals surface area contributed by atoms with Gasteiger partial charge in [0, 0.05) is 27.1 Å². The van der Waals surface area contributed by atoms with Gasteiger partial charge in [0.25, 0.3) is 5.91 Å². The summed E-state index contributed by atoms with van der Waals surface area (Å²) in [5, 5.41) is 7.12. The molecule has 0 aliphatic carbocycles. The summed E-state index contributed by atoms with van der Waals surface area (Å²) in [6.07, 6.45) is 0. The van der Waals surface area contributed by atoms with E-state index >= 15 is 0 Å². The smallest absolute Gasteiger partial charge is 0.274 e. The molecule has 0 saturated heterocycles. The molecular formula is C19H16Cl2N4O. The quantitative estimate of drug-likeness (QED) is 0.629. The van der Waals surface area contributed by atoms with Crippen molar-refractivity contribution in [3.8, 4) is 0 Å². The molecule has 5 nitrogen and oxygen atoms in total. The van der Waals surface area contributed by atoms with Crippen molar-refractivity contribution in [2.45, 2.75) is 13.8 Å². The standard InChI is InChI=1S/C19H16Cl2N4O/c1-11-8-14(21)6-7-16(11)24-18(26)17-9-12(2)22-19(25-17)23-15-5-3-4-13(20)10-15/h3-10H,1-2H3,(H,24,26)(H,22,23,25). The van der Waals surface area contributed by atoms with Crippen molar-refractivity contribution in [3.63, 3.8) is 0 Å². The van der Waals surface area contributed by atoms with Crippen LogP contribution in [-0.4, -0.2) is 15.9 Å². The average molecular weight is 387 g/mol. The van der Waals surface area contributed by atoms with Crippen LogP contribution in [0.1, 0.15) is 21.7 Å². The number of nitrogens with one attached hydrogen (secondary N) is 2. The minimum absolute atomic E-state index is 0.261. The lowest BCUT2D eigenvalue weighted by Crippen LogP contribution is -2.16. The summed E-state index contributed by atoms with van der Waals surface area (Å²) in [5.41, 5.74) is 3.22. The second-order valence-electron chi connectivity index (χ2n) is 5.77. The van der Waals surface area contributed by atoms with Crippen LogP contribution in [0.4, 0.5) is 17.3 Å². The van der Waals surface area contributed by atoms with E-state index in [0.29, 0.717) is 27.4 Å². The molecule has 0 spiro atoms. The van der Waals surface area contributed by atoms with Crippen LogP contribution in [0, 0.1) is 13.8 Å². The van der Waals surface area contributed by atoms with Crippen molar-refractivity contribution in [3.05, 3.63) is 75.5 Å². The Kier molecular flexibility index (Phi) is 5.40. The van der Waals surface area contributed by atoms with E-state index in [-0.39, 0.29) is 11.6 Å². The van der Waals surface area contributed by atoms with Crippen molar-refractivity contribution in [2.24, 2.45) is 0 Å². The molecule has 0 bridgehead atoms. The molecule has 0 aliphatic heterocycles. The summed E-state index contributed by atoms with van der Waals surface area (Å²) in [5.74, 6) is 0.000288. The highest BCUT2D eigenvalue weighted by molar-refractivity contribution is 6.31. The van der Waals surface area contributed by atoms with E-state index in [2.05, 4.69) is 20.6 Å². The van der Waals surface area contributed by atoms with Crippen molar-refractivity contribution >= 4 is 46.4 Å². The minimum atomic E-state index is -0.324. The molecule has 0 radical (unpaired) electrons. The normalized spacial score (nSPS) is 10.5. The van der Waals surface area contributed by atoms with E-state index in [4.69, 9.17) is 23.2 Å². The zero-order valence-electron chi connectivity index (χ0n) is 14.2. The maximum Gasteiger partial charge on any atom is 0.274 e. The Balaban J connectivity index is 1.83. The fourth-order valence-electron chi connectivity index (χ4n) is 2.39. The van der Waals surface area contributed by atoms with Crippen LogP contribution in [0.5, 0.6) is 0 Å². The van der Waals surface area contributed by atoms with Gasteiger partial charge in [0.2, 0.25) is 5.95 Å². The molecule has 26 heavy (non-hydrogen) atoms. The number of rotatable bonds is 4. The van der Waals surface area contributed by atoms with Crippen LogP contribution in [0.2, 0.25) is 10.0 Å². The zero-order chi connectivity index (χ0) is 18.7. The third-order valence-electron chi connectivity index (χ3n) is 3.60. The second-order valence-corrected chi connectivity index (χ2v) is 6.64. The maximum atomic E-state index is 12.6. The lowest BCUT2D eigenvalue weighted by atomic mass is 10.2. The Morgan fingerprint density at radius 1 is 0.962 bits per heavy atom. The molecule has 2 aromatic carbocycles. The minimum Gasteiger partial charge on any atom is -0.324 e. The summed E-state index contributed by atoms with van der Waals surface area (Å²) in [7, 11) is 0. The van der Waals surface area contributed by atoms with Crippen LogP contribution >= 0.6 is 23.2 Å². The van der Waals surface area contributed by atoms with E-state index in [1.165, 1.54) is 0 Å². The number of nitrogens with zero attached hydrogens (tertiary/aromatic N) is 2. The highest BCUT2D eigenvalue weighted by Gasteiger charge is 2.12. The molecule has 7 heteroatoms. The molecule has 0 atom stereocenters. The summed E-state index contributed by atoms with van der Waals surface area (Å²) < 4.78 is 0. The SMILES string of the molecule is Cc1cc(C(=O)Nc2ccc(Cl)cc2C)nc(Nc2cccc(Cl)c2)n1. The van der Waals surface area contributed by atoms with Gasteiger partial charge in [0.05, 0.1) is 0 Å². The van der Waals surface area contributed by atoms with E-state index in [0.717, 1.165) is 11.3 Å². The Morgan fingerprint density at radius 3 is 2.46 bits per heavy atom. The fourth-order valence-corrected chi connectivity index (χ4v) is 2.81. The molecule has 0 aliphatic rings. The van der Waals surface area contributed by atoms with Gasteiger partial charge in [-0.05, 0) is 61.9 Å². The third-order valence-corrected chi connectivity index (χ3v) is 4.07. The highest BCUT2D eigenvalue weighted by Crippen LogP contribution is 2.21. The Morgan fingerprint density at radius 2 is 1.73 bits per heavy atom. The van der Waals surface area contributed by atoms with Crippen molar-refractivity contribution < 1.29 is 4.79 Å². The van der Waals surface area contributed by atoms with E-state index in [1.54, 1.807) is 43.3 Å². The number of carbonyl (C=O) groups excluding carboxylic acids is 1. The molecule has 2 N–H and O–H groups in total. The van der Waals surface area contributed by atoms with Gasteiger partial charge in [-0.1, -0.05) is 29.3 Å². The van der Waals surface area contributed by atoms with Gasteiger partial charge in [0.1, 0.15) is 5.69 Å². The molecule has 132 valence electrons. The largest absolute Gasteiger partial charge is 0.324 e. The first-order valence-corrected chi connectivity index (χ1v) is 8.62. The summed E-state index contributed by atoms with van der Waals surface area (Å²) in [6.45, 7) is 3.67. The molecule has 3 aromatic rings. The van der Waals surface area contributed by atoms with Crippen LogP contribution in [0.25, 0.3) is 0 Å². The van der Waals surface area contributed by atoms with Gasteiger partial charge >= 0.3 is 0 Å². The van der Waals surface area contributed by atoms with Crippen LogP contribution in [0.3, 0.4) is 0 Å². The monoisotopic (exact) mass is 386 g/mol. The van der Waals surface area contributed by atoms with E-state index in [9.17, 15) is 4.79 Å². The summed E-state index contributed by atoms with van der Waals surface area (Å²) >= 11 is 11.9. The predicted molar refractivity (Wildman–Crippen MR) is 106 cm³/mol. The van der Waals surface area contributed by atoms with Crippen molar-refractivity contribution in [1.82, 2.24) is 9.97 Å². The maximum absolute atomic E-state index is 12.6. The topological polar surface area (TPSA) is 66.9 Å². The second kappa shape index (κ2) is 7.72. The van der Waals surface area contributed by atoms with E-state index < -0.39 is 0 Å². The number of aryl methyl sites for hydroxylation is 2. The lowest BCUT2D eigenvalue weighted by molar-refractivity contribution is 0.102. The predicted octanol–water partition coefficient (Wildman–Crippen LogP) is 5.40. The van der Waals surface area contributed by atoms with Gasteiger partial charge in [-0.3, -0.25) is 4.79 Å². The molecule has 1 amide bonds. The summed E-state index contributed by atoms with van der Waals surface area (Å²) in [4.78, 5) is 21.2. The van der Waals surface area contributed by atoms with Gasteiger partial charge in [-0.2, -0.15) is 0 Å². The van der Waals surface area contributed by atoms with Crippen LogP contribution in [0.15, 0.2) is 48.5 Å². The number of hydrogen-bond acceptors (Lipinski definition) is 4. The van der Waals surface area contributed by atoms with E-state index in [1.807, 2.05) is 19.1 Å².